The number of nitrogens with zero attached hydrogens (tertiary/aromatic N) is 4. The zero-order valence-electron chi connectivity index (χ0n) is 30.4. The fraction of sp³-hybridized carbons (Fsp3) is 0.295. The lowest BCUT2D eigenvalue weighted by Crippen LogP contribution is -2.25. The molecule has 0 amide bonds. The standard InChI is InChI=1S/C44H48N4O/c1-42(2,3)30-14-16-33(17-15-30)46-22-23-47(29-46)34-24-32(44(7,8)9)25-36(27-34)49-35-18-19-38-37-12-10-11-13-39(37)48(40(38)28-35)41-26-31(20-21-45-41)43(4,5)6/h10-28H,29H2,1-9H3. The van der Waals surface area contributed by atoms with Crippen LogP contribution in [0.2, 0.25) is 0 Å². The van der Waals surface area contributed by atoms with Crippen molar-refractivity contribution in [2.24, 2.45) is 0 Å². The average molecular weight is 649 g/mol. The molecule has 0 aliphatic carbocycles. The summed E-state index contributed by atoms with van der Waals surface area (Å²) in [6.45, 7) is 21.0. The second-order valence-electron chi connectivity index (χ2n) is 16.4. The molecule has 0 spiro atoms. The second kappa shape index (κ2) is 11.8. The second-order valence-corrected chi connectivity index (χ2v) is 16.4. The minimum absolute atomic E-state index is 0.0128. The van der Waals surface area contributed by atoms with Gasteiger partial charge in [0.25, 0.3) is 0 Å². The molecule has 0 saturated heterocycles. The van der Waals surface area contributed by atoms with Crippen molar-refractivity contribution in [1.29, 1.82) is 0 Å². The van der Waals surface area contributed by atoms with Crippen LogP contribution in [-0.4, -0.2) is 16.2 Å². The van der Waals surface area contributed by atoms with Crippen LogP contribution < -0.4 is 14.5 Å². The number of rotatable bonds is 5. The predicted octanol–water partition coefficient (Wildman–Crippen LogP) is 11.6. The summed E-state index contributed by atoms with van der Waals surface area (Å²) in [5.74, 6) is 2.52. The molecule has 5 heteroatoms. The van der Waals surface area contributed by atoms with Crippen molar-refractivity contribution in [3.05, 3.63) is 132 Å². The van der Waals surface area contributed by atoms with Crippen LogP contribution in [0.3, 0.4) is 0 Å². The van der Waals surface area contributed by atoms with E-state index in [1.165, 1.54) is 33.2 Å². The molecule has 7 rings (SSSR count). The number of aromatic nitrogens is 2. The van der Waals surface area contributed by atoms with Gasteiger partial charge >= 0.3 is 0 Å². The molecule has 3 heterocycles. The van der Waals surface area contributed by atoms with E-state index >= 15 is 0 Å². The molecule has 0 bridgehead atoms. The molecule has 250 valence electrons. The van der Waals surface area contributed by atoms with Gasteiger partial charge in [-0.25, -0.2) is 4.98 Å². The van der Waals surface area contributed by atoms with E-state index in [2.05, 4.69) is 186 Å². The van der Waals surface area contributed by atoms with Crippen molar-refractivity contribution >= 4 is 33.2 Å². The molecule has 1 aliphatic heterocycles. The number of pyridine rings is 1. The van der Waals surface area contributed by atoms with E-state index in [1.807, 2.05) is 6.20 Å². The summed E-state index contributed by atoms with van der Waals surface area (Å²) in [6.07, 6.45) is 6.24. The SMILES string of the molecule is CC(C)(C)c1ccc(N2C=CN(c3cc(Oc4ccc5c6ccccc6n(-c6cc(C(C)(C)C)ccn6)c5c4)cc(C(C)(C)C)c3)C2)cc1. The van der Waals surface area contributed by atoms with Gasteiger partial charge in [0.2, 0.25) is 0 Å². The molecule has 5 nitrogen and oxygen atoms in total. The molecule has 2 aromatic heterocycles. The third-order valence-corrected chi connectivity index (χ3v) is 9.61. The predicted molar refractivity (Wildman–Crippen MR) is 207 cm³/mol. The molecule has 0 radical (unpaired) electrons. The quantitative estimate of drug-likeness (QED) is 0.186. The van der Waals surface area contributed by atoms with E-state index < -0.39 is 0 Å². The third-order valence-electron chi connectivity index (χ3n) is 9.61. The zero-order chi connectivity index (χ0) is 34.7. The fourth-order valence-corrected chi connectivity index (χ4v) is 6.55. The Labute approximate surface area is 291 Å². The first-order valence-corrected chi connectivity index (χ1v) is 17.3. The maximum atomic E-state index is 6.75. The first-order chi connectivity index (χ1) is 23.1. The van der Waals surface area contributed by atoms with E-state index in [0.29, 0.717) is 0 Å². The van der Waals surface area contributed by atoms with Crippen LogP contribution in [0, 0.1) is 0 Å². The highest BCUT2D eigenvalue weighted by Crippen LogP contribution is 2.39. The zero-order valence-corrected chi connectivity index (χ0v) is 30.4. The Kier molecular flexibility index (Phi) is 7.85. The van der Waals surface area contributed by atoms with Gasteiger partial charge in [-0.3, -0.25) is 4.57 Å². The van der Waals surface area contributed by atoms with E-state index in [9.17, 15) is 0 Å². The number of anilines is 2. The molecule has 49 heavy (non-hydrogen) atoms. The molecule has 0 saturated carbocycles. The topological polar surface area (TPSA) is 33.5 Å². The van der Waals surface area contributed by atoms with Gasteiger partial charge in [0.1, 0.15) is 17.3 Å². The van der Waals surface area contributed by atoms with Crippen LogP contribution in [0.1, 0.15) is 79.0 Å². The van der Waals surface area contributed by atoms with Crippen LogP contribution in [0.5, 0.6) is 11.5 Å². The summed E-state index contributed by atoms with van der Waals surface area (Å²) < 4.78 is 9.01. The average Bonchev–Trinajstić information content (AvgIpc) is 3.67. The number of benzene rings is 4. The van der Waals surface area contributed by atoms with E-state index in [-0.39, 0.29) is 16.2 Å². The molecule has 0 N–H and O–H groups in total. The normalized spacial score (nSPS) is 14.0. The van der Waals surface area contributed by atoms with Crippen molar-refractivity contribution in [2.45, 2.75) is 78.6 Å². The fourth-order valence-electron chi connectivity index (χ4n) is 6.55. The first-order valence-electron chi connectivity index (χ1n) is 17.3. The number of hydrogen-bond acceptors (Lipinski definition) is 4. The van der Waals surface area contributed by atoms with E-state index in [0.717, 1.165) is 40.7 Å². The van der Waals surface area contributed by atoms with Crippen LogP contribution in [-0.2, 0) is 16.2 Å². The number of para-hydroxylation sites is 1. The summed E-state index contributed by atoms with van der Waals surface area (Å²) in [5.41, 5.74) is 8.38. The van der Waals surface area contributed by atoms with Crippen LogP contribution in [0.25, 0.3) is 27.6 Å². The lowest BCUT2D eigenvalue weighted by molar-refractivity contribution is 0.479. The van der Waals surface area contributed by atoms with Gasteiger partial charge in [-0.2, -0.15) is 0 Å². The summed E-state index contributed by atoms with van der Waals surface area (Å²) >= 11 is 0. The largest absolute Gasteiger partial charge is 0.457 e. The maximum Gasteiger partial charge on any atom is 0.137 e. The Bertz CT molecular complexity index is 2190. The lowest BCUT2D eigenvalue weighted by Gasteiger charge is -2.26. The van der Waals surface area contributed by atoms with Gasteiger partial charge in [0.05, 0.1) is 17.7 Å². The van der Waals surface area contributed by atoms with Gasteiger partial charge < -0.3 is 14.5 Å². The molecular weight excluding hydrogens is 601 g/mol. The third kappa shape index (κ3) is 6.42. The van der Waals surface area contributed by atoms with Gasteiger partial charge in [0.15, 0.2) is 0 Å². The first kappa shape index (κ1) is 32.5. The highest BCUT2D eigenvalue weighted by molar-refractivity contribution is 6.09. The summed E-state index contributed by atoms with van der Waals surface area (Å²) in [7, 11) is 0. The summed E-state index contributed by atoms with van der Waals surface area (Å²) in [5, 5.41) is 2.37. The number of ether oxygens (including phenoxy) is 1. The molecule has 1 aliphatic rings. The Balaban J connectivity index is 1.24. The Morgan fingerprint density at radius 1 is 0.531 bits per heavy atom. The minimum Gasteiger partial charge on any atom is -0.457 e. The van der Waals surface area contributed by atoms with Gasteiger partial charge in [0, 0.05) is 52.9 Å². The maximum absolute atomic E-state index is 6.75. The van der Waals surface area contributed by atoms with Crippen molar-refractivity contribution in [3.63, 3.8) is 0 Å². The van der Waals surface area contributed by atoms with E-state index in [4.69, 9.17) is 9.72 Å². The van der Waals surface area contributed by atoms with Gasteiger partial charge in [-0.15, -0.1) is 0 Å². The molecule has 6 aromatic rings. The highest BCUT2D eigenvalue weighted by Gasteiger charge is 2.23. The number of hydrogen-bond donors (Lipinski definition) is 0. The van der Waals surface area contributed by atoms with Crippen LogP contribution >= 0.6 is 0 Å². The molecule has 0 unspecified atom stereocenters. The minimum atomic E-state index is -0.0554. The molecule has 0 fully saturated rings. The monoisotopic (exact) mass is 648 g/mol. The molecule has 0 atom stereocenters. The van der Waals surface area contributed by atoms with Gasteiger partial charge in [-0.05, 0) is 87.5 Å². The highest BCUT2D eigenvalue weighted by atomic mass is 16.5. The Morgan fingerprint density at radius 3 is 1.88 bits per heavy atom. The van der Waals surface area contributed by atoms with Gasteiger partial charge in [-0.1, -0.05) is 92.6 Å². The lowest BCUT2D eigenvalue weighted by atomic mass is 9.86. The van der Waals surface area contributed by atoms with Crippen molar-refractivity contribution in [1.82, 2.24) is 9.55 Å². The smallest absolute Gasteiger partial charge is 0.137 e. The Morgan fingerprint density at radius 2 is 1.18 bits per heavy atom. The summed E-state index contributed by atoms with van der Waals surface area (Å²) in [4.78, 5) is 9.42. The molecule has 4 aromatic carbocycles. The van der Waals surface area contributed by atoms with Crippen molar-refractivity contribution < 1.29 is 4.74 Å². The molecular formula is C44H48N4O. The van der Waals surface area contributed by atoms with Crippen molar-refractivity contribution in [3.8, 4) is 17.3 Å². The number of fused-ring (bicyclic) bond motifs is 3. The Hall–Kier alpha value is -5.03. The van der Waals surface area contributed by atoms with Crippen LogP contribution in [0.15, 0.2) is 116 Å². The summed E-state index contributed by atoms with van der Waals surface area (Å²) in [6, 6.07) is 34.8. The van der Waals surface area contributed by atoms with Crippen molar-refractivity contribution in [2.75, 3.05) is 16.5 Å². The van der Waals surface area contributed by atoms with E-state index in [1.54, 1.807) is 0 Å². The van der Waals surface area contributed by atoms with Crippen LogP contribution in [0.4, 0.5) is 11.4 Å².